The fraction of sp³-hybridized carbons (Fsp3) is 0.211. The van der Waals surface area contributed by atoms with E-state index in [9.17, 15) is 4.79 Å². The maximum Gasteiger partial charge on any atom is 0.249 e. The molecule has 0 spiro atoms. The number of carbonyl (C=O) groups excluding carboxylic acids is 1. The highest BCUT2D eigenvalue weighted by molar-refractivity contribution is 9.10. The molecule has 0 aliphatic carbocycles. The van der Waals surface area contributed by atoms with Crippen LogP contribution in [-0.4, -0.2) is 20.9 Å². The average Bonchev–Trinajstić information content (AvgIpc) is 3.23. The number of carbonyl (C=O) groups is 1. The molecule has 1 fully saturated rings. The van der Waals surface area contributed by atoms with Gasteiger partial charge in [-0.05, 0) is 36.2 Å². The highest BCUT2D eigenvalue weighted by Gasteiger charge is 2.36. The minimum absolute atomic E-state index is 0.0807. The minimum Gasteiger partial charge on any atom is -0.337 e. The van der Waals surface area contributed by atoms with Gasteiger partial charge in [-0.15, -0.1) is 0 Å². The van der Waals surface area contributed by atoms with Crippen molar-refractivity contribution in [3.8, 4) is 11.4 Å². The highest BCUT2D eigenvalue weighted by Crippen LogP contribution is 2.34. The van der Waals surface area contributed by atoms with Crippen LogP contribution in [0.5, 0.6) is 0 Å². The van der Waals surface area contributed by atoms with Crippen molar-refractivity contribution in [2.24, 2.45) is 0 Å². The highest BCUT2D eigenvalue weighted by atomic mass is 79.9. The molecule has 1 aliphatic heterocycles. The zero-order valence-electron chi connectivity index (χ0n) is 13.7. The summed E-state index contributed by atoms with van der Waals surface area (Å²) >= 11 is 9.50. The molecule has 4 rings (SSSR count). The lowest BCUT2D eigenvalue weighted by molar-refractivity contribution is -0.129. The van der Waals surface area contributed by atoms with Crippen molar-refractivity contribution in [2.75, 3.05) is 0 Å². The summed E-state index contributed by atoms with van der Waals surface area (Å²) in [5.41, 5.74) is 1.84. The van der Waals surface area contributed by atoms with Gasteiger partial charge in [0.25, 0.3) is 0 Å². The average molecular weight is 433 g/mol. The van der Waals surface area contributed by atoms with Crippen molar-refractivity contribution in [3.63, 3.8) is 0 Å². The van der Waals surface area contributed by atoms with Crippen LogP contribution in [0.15, 0.2) is 57.5 Å². The van der Waals surface area contributed by atoms with Gasteiger partial charge in [0.2, 0.25) is 17.6 Å². The molecule has 2 heterocycles. The smallest absolute Gasteiger partial charge is 0.249 e. The zero-order valence-corrected chi connectivity index (χ0v) is 16.1. The SMILES string of the molecule is O=C1CCC(c2nc(-c3cccc(Br)c3)no2)N1Cc1cccc(Cl)c1. The second-order valence-corrected chi connectivity index (χ2v) is 7.52. The van der Waals surface area contributed by atoms with Gasteiger partial charge >= 0.3 is 0 Å². The molecule has 132 valence electrons. The molecule has 0 radical (unpaired) electrons. The van der Waals surface area contributed by atoms with Crippen LogP contribution >= 0.6 is 27.5 Å². The third-order valence-corrected chi connectivity index (χ3v) is 5.11. The van der Waals surface area contributed by atoms with E-state index in [1.807, 2.05) is 48.5 Å². The van der Waals surface area contributed by atoms with Gasteiger partial charge in [-0.3, -0.25) is 4.79 Å². The summed E-state index contributed by atoms with van der Waals surface area (Å²) in [5.74, 6) is 1.06. The van der Waals surface area contributed by atoms with E-state index in [1.165, 1.54) is 0 Å². The van der Waals surface area contributed by atoms with Crippen molar-refractivity contribution in [1.82, 2.24) is 15.0 Å². The molecule has 7 heteroatoms. The molecule has 1 amide bonds. The van der Waals surface area contributed by atoms with Crippen molar-refractivity contribution >= 4 is 33.4 Å². The Labute approximate surface area is 164 Å². The zero-order chi connectivity index (χ0) is 18.1. The molecular formula is C19H15BrClN3O2. The monoisotopic (exact) mass is 431 g/mol. The number of amides is 1. The van der Waals surface area contributed by atoms with Crippen molar-refractivity contribution < 1.29 is 9.32 Å². The number of halogens is 2. The van der Waals surface area contributed by atoms with Crippen LogP contribution in [0.4, 0.5) is 0 Å². The van der Waals surface area contributed by atoms with Crippen LogP contribution < -0.4 is 0 Å². The Balaban J connectivity index is 1.59. The normalized spacial score (nSPS) is 17.1. The molecule has 1 atom stereocenters. The second-order valence-electron chi connectivity index (χ2n) is 6.17. The van der Waals surface area contributed by atoms with Crippen LogP contribution in [0.3, 0.4) is 0 Å². The number of aromatic nitrogens is 2. The molecule has 26 heavy (non-hydrogen) atoms. The molecule has 1 aromatic heterocycles. The summed E-state index contributed by atoms with van der Waals surface area (Å²) in [5, 5.41) is 4.74. The predicted molar refractivity (Wildman–Crippen MR) is 101 cm³/mol. The Morgan fingerprint density at radius 3 is 2.88 bits per heavy atom. The summed E-state index contributed by atoms with van der Waals surface area (Å²) < 4.78 is 6.43. The lowest BCUT2D eigenvalue weighted by Gasteiger charge is -2.22. The molecule has 3 aromatic rings. The second kappa shape index (κ2) is 7.21. The number of nitrogens with zero attached hydrogens (tertiary/aromatic N) is 3. The number of hydrogen-bond donors (Lipinski definition) is 0. The largest absolute Gasteiger partial charge is 0.337 e. The summed E-state index contributed by atoms with van der Waals surface area (Å²) in [6, 6.07) is 15.0. The van der Waals surface area contributed by atoms with E-state index in [4.69, 9.17) is 16.1 Å². The fourth-order valence-corrected chi connectivity index (χ4v) is 3.75. The minimum atomic E-state index is -0.213. The van der Waals surface area contributed by atoms with Crippen molar-refractivity contribution in [3.05, 3.63) is 69.5 Å². The predicted octanol–water partition coefficient (Wildman–Crippen LogP) is 5.02. The topological polar surface area (TPSA) is 59.2 Å². The van der Waals surface area contributed by atoms with E-state index in [0.717, 1.165) is 15.6 Å². The molecule has 1 aliphatic rings. The van der Waals surface area contributed by atoms with E-state index in [1.54, 1.807) is 4.90 Å². The van der Waals surface area contributed by atoms with E-state index < -0.39 is 0 Å². The molecule has 0 N–H and O–H groups in total. The van der Waals surface area contributed by atoms with Crippen molar-refractivity contribution in [1.29, 1.82) is 0 Å². The maximum absolute atomic E-state index is 12.4. The van der Waals surface area contributed by atoms with Gasteiger partial charge in [0.05, 0.1) is 0 Å². The van der Waals surface area contributed by atoms with E-state index in [0.29, 0.717) is 36.1 Å². The van der Waals surface area contributed by atoms with Crippen LogP contribution in [0.25, 0.3) is 11.4 Å². The molecule has 0 saturated carbocycles. The first-order chi connectivity index (χ1) is 12.6. The van der Waals surface area contributed by atoms with Gasteiger partial charge in [-0.2, -0.15) is 4.98 Å². The molecule has 2 aromatic carbocycles. The Bertz CT molecular complexity index is 959. The van der Waals surface area contributed by atoms with Gasteiger partial charge in [0, 0.05) is 28.0 Å². The summed E-state index contributed by atoms with van der Waals surface area (Å²) in [6.45, 7) is 0.471. The van der Waals surface area contributed by atoms with Gasteiger partial charge in [0.1, 0.15) is 6.04 Å². The first-order valence-electron chi connectivity index (χ1n) is 8.23. The summed E-state index contributed by atoms with van der Waals surface area (Å²) in [6.07, 6.45) is 1.14. The van der Waals surface area contributed by atoms with Crippen molar-refractivity contribution in [2.45, 2.75) is 25.4 Å². The Kier molecular flexibility index (Phi) is 4.78. The number of hydrogen-bond acceptors (Lipinski definition) is 4. The van der Waals surface area contributed by atoms with Crippen LogP contribution in [0.2, 0.25) is 5.02 Å². The van der Waals surface area contributed by atoms with Gasteiger partial charge in [0.15, 0.2) is 0 Å². The van der Waals surface area contributed by atoms with Gasteiger partial charge in [-0.25, -0.2) is 0 Å². The first kappa shape index (κ1) is 17.2. The Morgan fingerprint density at radius 2 is 2.08 bits per heavy atom. The molecular weight excluding hydrogens is 418 g/mol. The summed E-state index contributed by atoms with van der Waals surface area (Å²) in [7, 11) is 0. The Hall–Kier alpha value is -2.18. The lowest BCUT2D eigenvalue weighted by Crippen LogP contribution is -2.27. The maximum atomic E-state index is 12.4. The number of likely N-dealkylation sites (tertiary alicyclic amines) is 1. The van der Waals surface area contributed by atoms with Crippen LogP contribution in [-0.2, 0) is 11.3 Å². The third-order valence-electron chi connectivity index (χ3n) is 4.38. The molecule has 0 bridgehead atoms. The fourth-order valence-electron chi connectivity index (χ4n) is 3.14. The number of rotatable bonds is 4. The summed E-state index contributed by atoms with van der Waals surface area (Å²) in [4.78, 5) is 18.7. The van der Waals surface area contributed by atoms with Gasteiger partial charge in [-0.1, -0.05) is 57.0 Å². The number of benzene rings is 2. The van der Waals surface area contributed by atoms with Gasteiger partial charge < -0.3 is 9.42 Å². The quantitative estimate of drug-likeness (QED) is 0.581. The molecule has 5 nitrogen and oxygen atoms in total. The van der Waals surface area contributed by atoms with E-state index >= 15 is 0 Å². The Morgan fingerprint density at radius 1 is 1.23 bits per heavy atom. The van der Waals surface area contributed by atoms with Crippen LogP contribution in [0, 0.1) is 0 Å². The first-order valence-corrected chi connectivity index (χ1v) is 9.41. The third kappa shape index (κ3) is 3.52. The molecule has 1 saturated heterocycles. The van der Waals surface area contributed by atoms with E-state index in [2.05, 4.69) is 26.1 Å². The van der Waals surface area contributed by atoms with Crippen LogP contribution in [0.1, 0.15) is 30.3 Å². The lowest BCUT2D eigenvalue weighted by atomic mass is 10.1. The van der Waals surface area contributed by atoms with E-state index in [-0.39, 0.29) is 11.9 Å². The standard InChI is InChI=1S/C19H15BrClN3O2/c20-14-5-2-4-13(10-14)18-22-19(26-23-18)16-7-8-17(25)24(16)11-12-3-1-6-15(21)9-12/h1-6,9-10,16H,7-8,11H2. The molecule has 1 unspecified atom stereocenters.